The van der Waals surface area contributed by atoms with E-state index in [1.165, 1.54) is 6.26 Å². The van der Waals surface area contributed by atoms with E-state index in [-0.39, 0.29) is 36.1 Å². The van der Waals surface area contributed by atoms with Gasteiger partial charge in [-0.3, -0.25) is 9.59 Å². The van der Waals surface area contributed by atoms with Crippen molar-refractivity contribution in [3.8, 4) is 0 Å². The van der Waals surface area contributed by atoms with Gasteiger partial charge in [0, 0.05) is 5.92 Å². The van der Waals surface area contributed by atoms with Crippen molar-refractivity contribution in [2.45, 2.75) is 50.5 Å². The molecule has 0 unspecified atom stereocenters. The van der Waals surface area contributed by atoms with Crippen molar-refractivity contribution in [1.29, 1.82) is 0 Å². The largest absolute Gasteiger partial charge is 0.380 e. The molecule has 38 heavy (non-hydrogen) atoms. The second-order valence-corrected chi connectivity index (χ2v) is 10.6. The minimum Gasteiger partial charge on any atom is -0.380 e. The Kier molecular flexibility index (Phi) is 6.16. The van der Waals surface area contributed by atoms with Crippen LogP contribution in [-0.2, 0) is 9.53 Å². The molecule has 9 nitrogen and oxygen atoms in total. The molecular formula is C26H28F3N5O4. The molecule has 202 valence electrons. The zero-order valence-corrected chi connectivity index (χ0v) is 20.8. The maximum atomic E-state index is 15.9. The Morgan fingerprint density at radius 3 is 2.66 bits per heavy atom. The minimum absolute atomic E-state index is 0.0485. The summed E-state index contributed by atoms with van der Waals surface area (Å²) in [5.74, 6) is -5.03. The Balaban J connectivity index is 1.29. The molecule has 3 fully saturated rings. The van der Waals surface area contributed by atoms with Gasteiger partial charge in [-0.1, -0.05) is 24.1 Å². The number of alkyl halides is 2. The predicted octanol–water partition coefficient (Wildman–Crippen LogP) is 3.87. The number of fused-ring (bicyclic) bond motifs is 1. The number of aromatic nitrogens is 3. The van der Waals surface area contributed by atoms with E-state index in [1.807, 2.05) is 0 Å². The van der Waals surface area contributed by atoms with Crippen LogP contribution in [0.5, 0.6) is 0 Å². The van der Waals surface area contributed by atoms with Gasteiger partial charge in [0.1, 0.15) is 23.2 Å². The van der Waals surface area contributed by atoms with E-state index < -0.39 is 48.6 Å². The van der Waals surface area contributed by atoms with Crippen molar-refractivity contribution in [3.63, 3.8) is 0 Å². The van der Waals surface area contributed by atoms with E-state index in [4.69, 9.17) is 9.26 Å². The number of amides is 2. The lowest BCUT2D eigenvalue weighted by Gasteiger charge is -2.40. The number of nitrogens with zero attached hydrogens (tertiary/aromatic N) is 3. The van der Waals surface area contributed by atoms with Crippen molar-refractivity contribution < 1.29 is 32.0 Å². The van der Waals surface area contributed by atoms with Gasteiger partial charge in [0.25, 0.3) is 11.8 Å². The maximum Gasteiger partial charge on any atom is 0.282 e. The van der Waals surface area contributed by atoms with Gasteiger partial charge in [-0.05, 0) is 37.3 Å². The van der Waals surface area contributed by atoms with Gasteiger partial charge in [-0.25, -0.2) is 18.2 Å². The fourth-order valence-corrected chi connectivity index (χ4v) is 5.95. The molecule has 1 saturated carbocycles. The van der Waals surface area contributed by atoms with Crippen LogP contribution in [0.15, 0.2) is 22.9 Å². The molecule has 2 saturated heterocycles. The first-order chi connectivity index (χ1) is 18.2. The number of likely N-dealkylation sites (tertiary alicyclic amines) is 1. The van der Waals surface area contributed by atoms with Crippen LogP contribution in [0, 0.1) is 24.6 Å². The van der Waals surface area contributed by atoms with E-state index in [1.54, 1.807) is 19.1 Å². The molecule has 3 aliphatic rings. The molecule has 4 heterocycles. The minimum atomic E-state index is -2.88. The lowest BCUT2D eigenvalue weighted by Crippen LogP contribution is -2.60. The van der Waals surface area contributed by atoms with Gasteiger partial charge in [0.2, 0.25) is 5.91 Å². The Hall–Kier alpha value is -3.41. The summed E-state index contributed by atoms with van der Waals surface area (Å²) >= 11 is 0. The normalized spacial score (nSPS) is 24.1. The lowest BCUT2D eigenvalue weighted by molar-refractivity contribution is -0.169. The molecule has 3 atom stereocenters. The number of aromatic amines is 1. The molecule has 2 amide bonds. The number of H-pyrrole nitrogens is 1. The summed E-state index contributed by atoms with van der Waals surface area (Å²) in [6.07, 6.45) is 5.15. The highest BCUT2D eigenvalue weighted by Crippen LogP contribution is 2.39. The predicted molar refractivity (Wildman–Crippen MR) is 128 cm³/mol. The van der Waals surface area contributed by atoms with Gasteiger partial charge in [-0.15, -0.1) is 0 Å². The van der Waals surface area contributed by atoms with Crippen LogP contribution in [0.1, 0.15) is 65.1 Å². The first-order valence-electron chi connectivity index (χ1n) is 12.9. The molecule has 3 aromatic rings. The average molecular weight is 532 g/mol. The van der Waals surface area contributed by atoms with E-state index in [9.17, 15) is 18.4 Å². The van der Waals surface area contributed by atoms with Gasteiger partial charge in [0.05, 0.1) is 49.5 Å². The number of imidazole rings is 1. The molecular weight excluding hydrogens is 503 g/mol. The number of hydrogen-bond donors (Lipinski definition) is 2. The van der Waals surface area contributed by atoms with Gasteiger partial charge >= 0.3 is 0 Å². The fraction of sp³-hybridized carbons (Fsp3) is 0.538. The molecule has 12 heteroatoms. The summed E-state index contributed by atoms with van der Waals surface area (Å²) in [6.45, 7) is 0.593. The molecule has 2 aromatic heterocycles. The molecule has 2 aliphatic heterocycles. The third-order valence-corrected chi connectivity index (χ3v) is 8.04. The van der Waals surface area contributed by atoms with Gasteiger partial charge < -0.3 is 24.5 Å². The van der Waals surface area contributed by atoms with Crippen molar-refractivity contribution in [2.75, 3.05) is 26.3 Å². The summed E-state index contributed by atoms with van der Waals surface area (Å²) in [5, 5.41) is 6.81. The van der Waals surface area contributed by atoms with Crippen LogP contribution in [0.25, 0.3) is 11.0 Å². The van der Waals surface area contributed by atoms with Crippen LogP contribution < -0.4 is 5.32 Å². The number of carbonyl (C=O) groups is 2. The highest BCUT2D eigenvalue weighted by molar-refractivity contribution is 5.95. The van der Waals surface area contributed by atoms with E-state index in [0.29, 0.717) is 22.6 Å². The number of nitrogens with one attached hydrogen (secondary N) is 2. The van der Waals surface area contributed by atoms with Crippen molar-refractivity contribution >= 4 is 22.8 Å². The standard InChI is InChI=1S/C26H28F3N5O4/c1-13-16(10-38-33-13)24(35)32-21(14-4-2-3-5-14)23-30-19-7-6-15(20(27)22(19)31-23)17-8-37-9-18(17)25(36)34-11-26(28,29)12-34/h6-7,10,14,17-18,21H,2-5,8-9,11-12H2,1H3,(H,30,31)(H,32,35)/t17-,18-,21+/m1/s1. The second kappa shape index (κ2) is 9.40. The zero-order valence-electron chi connectivity index (χ0n) is 20.8. The van der Waals surface area contributed by atoms with Gasteiger partial charge in [-0.2, -0.15) is 0 Å². The Labute approximate surface area is 216 Å². The Bertz CT molecular complexity index is 1370. The summed E-state index contributed by atoms with van der Waals surface area (Å²) in [5.41, 5.74) is 1.63. The van der Waals surface area contributed by atoms with Gasteiger partial charge in [0.15, 0.2) is 5.82 Å². The van der Waals surface area contributed by atoms with Crippen molar-refractivity contribution in [2.24, 2.45) is 11.8 Å². The Morgan fingerprint density at radius 2 is 1.97 bits per heavy atom. The smallest absolute Gasteiger partial charge is 0.282 e. The van der Waals surface area contributed by atoms with E-state index in [0.717, 1.165) is 30.6 Å². The van der Waals surface area contributed by atoms with E-state index in [2.05, 4.69) is 20.4 Å². The zero-order chi connectivity index (χ0) is 26.6. The highest BCUT2D eigenvalue weighted by atomic mass is 19.3. The molecule has 0 spiro atoms. The molecule has 2 N–H and O–H groups in total. The summed E-state index contributed by atoms with van der Waals surface area (Å²) < 4.78 is 52.9. The number of halogens is 3. The Morgan fingerprint density at radius 1 is 1.21 bits per heavy atom. The van der Waals surface area contributed by atoms with Crippen molar-refractivity contribution in [3.05, 3.63) is 46.9 Å². The third kappa shape index (κ3) is 4.34. The van der Waals surface area contributed by atoms with E-state index >= 15 is 4.39 Å². The van der Waals surface area contributed by atoms with Crippen LogP contribution >= 0.6 is 0 Å². The quantitative estimate of drug-likeness (QED) is 0.500. The summed E-state index contributed by atoms with van der Waals surface area (Å²) in [6, 6.07) is 2.82. The second-order valence-electron chi connectivity index (χ2n) is 10.6. The van der Waals surface area contributed by atoms with Crippen LogP contribution in [0.3, 0.4) is 0 Å². The van der Waals surface area contributed by atoms with Crippen LogP contribution in [0.4, 0.5) is 13.2 Å². The lowest BCUT2D eigenvalue weighted by atomic mass is 9.86. The monoisotopic (exact) mass is 531 g/mol. The molecule has 6 rings (SSSR count). The fourth-order valence-electron chi connectivity index (χ4n) is 5.95. The number of hydrogen-bond acceptors (Lipinski definition) is 6. The number of aryl methyl sites for hydroxylation is 1. The molecule has 0 bridgehead atoms. The number of rotatable bonds is 6. The summed E-state index contributed by atoms with van der Waals surface area (Å²) in [4.78, 5) is 34.7. The summed E-state index contributed by atoms with van der Waals surface area (Å²) in [7, 11) is 0. The SMILES string of the molecule is Cc1nocc1C(=O)N[C@H](c1nc2c(F)c([C@H]3COC[C@H]3C(=O)N3CC(F)(F)C3)ccc2[nH]1)C1CCCC1. The van der Waals surface area contributed by atoms with Crippen LogP contribution in [0.2, 0.25) is 0 Å². The maximum absolute atomic E-state index is 15.9. The molecule has 1 aliphatic carbocycles. The number of carbonyl (C=O) groups excluding carboxylic acids is 2. The third-order valence-electron chi connectivity index (χ3n) is 8.04. The number of benzene rings is 1. The van der Waals surface area contributed by atoms with Crippen LogP contribution in [-0.4, -0.2) is 64.1 Å². The molecule has 1 aromatic carbocycles. The molecule has 0 radical (unpaired) electrons. The average Bonchev–Trinajstić information content (AvgIpc) is 3.67. The highest BCUT2D eigenvalue weighted by Gasteiger charge is 2.50. The van der Waals surface area contributed by atoms with Crippen molar-refractivity contribution in [1.82, 2.24) is 25.3 Å². The first-order valence-corrected chi connectivity index (χ1v) is 12.9. The topological polar surface area (TPSA) is 113 Å². The number of ether oxygens (including phenoxy) is 1. The first kappa shape index (κ1) is 24.9.